The Morgan fingerprint density at radius 3 is 2.26 bits per heavy atom. The van der Waals surface area contributed by atoms with E-state index >= 15 is 0 Å². The van der Waals surface area contributed by atoms with Crippen molar-refractivity contribution in [2.24, 2.45) is 5.41 Å². The lowest BCUT2D eigenvalue weighted by Crippen LogP contribution is -2.37. The summed E-state index contributed by atoms with van der Waals surface area (Å²) in [5.41, 5.74) is 1.15. The van der Waals surface area contributed by atoms with Gasteiger partial charge in [0.2, 0.25) is 5.91 Å². The molecule has 2 N–H and O–H groups in total. The number of halogens is 1. The van der Waals surface area contributed by atoms with Gasteiger partial charge >= 0.3 is 0 Å². The molecule has 1 atom stereocenters. The molecule has 0 saturated heterocycles. The van der Waals surface area contributed by atoms with Gasteiger partial charge in [-0.25, -0.2) is 0 Å². The van der Waals surface area contributed by atoms with Gasteiger partial charge in [0, 0.05) is 13.0 Å². The fourth-order valence-corrected chi connectivity index (χ4v) is 1.92. The lowest BCUT2D eigenvalue weighted by molar-refractivity contribution is -0.122. The van der Waals surface area contributed by atoms with Gasteiger partial charge < -0.3 is 10.6 Å². The molecule has 0 aliphatic rings. The first kappa shape index (κ1) is 17.9. The monoisotopic (exact) mass is 284 g/mol. The third kappa shape index (κ3) is 6.08. The number of rotatable bonds is 5. The first-order chi connectivity index (χ1) is 8.45. The molecule has 19 heavy (non-hydrogen) atoms. The lowest BCUT2D eigenvalue weighted by Gasteiger charge is -2.32. The molecule has 4 heteroatoms. The van der Waals surface area contributed by atoms with E-state index in [0.29, 0.717) is 13.0 Å². The third-order valence-corrected chi connectivity index (χ3v) is 2.91. The van der Waals surface area contributed by atoms with E-state index in [4.69, 9.17) is 0 Å². The largest absolute Gasteiger partial charge is 0.349 e. The van der Waals surface area contributed by atoms with Crippen LogP contribution in [-0.2, 0) is 4.79 Å². The van der Waals surface area contributed by atoms with Crippen LogP contribution < -0.4 is 10.6 Å². The summed E-state index contributed by atoms with van der Waals surface area (Å²) < 4.78 is 0. The average Bonchev–Trinajstić information content (AvgIpc) is 2.33. The zero-order chi connectivity index (χ0) is 13.6. The van der Waals surface area contributed by atoms with Crippen LogP contribution >= 0.6 is 12.4 Å². The van der Waals surface area contributed by atoms with Gasteiger partial charge in [0.25, 0.3) is 0 Å². The molecular formula is C15H25ClN2O. The summed E-state index contributed by atoms with van der Waals surface area (Å²) in [5, 5.41) is 6.12. The van der Waals surface area contributed by atoms with E-state index in [-0.39, 0.29) is 29.8 Å². The van der Waals surface area contributed by atoms with Gasteiger partial charge in [0.15, 0.2) is 0 Å². The number of nitrogens with one attached hydrogen (secondary N) is 2. The molecule has 0 aliphatic carbocycles. The summed E-state index contributed by atoms with van der Waals surface area (Å²) in [6.45, 7) is 7.13. The maximum absolute atomic E-state index is 11.9. The Labute approximate surface area is 122 Å². The molecule has 0 bridgehead atoms. The molecule has 1 aromatic rings. The fourth-order valence-electron chi connectivity index (χ4n) is 1.92. The third-order valence-electron chi connectivity index (χ3n) is 2.91. The van der Waals surface area contributed by atoms with Crippen molar-refractivity contribution in [3.63, 3.8) is 0 Å². The Morgan fingerprint density at radius 2 is 1.79 bits per heavy atom. The highest BCUT2D eigenvalue weighted by Gasteiger charge is 2.27. The fraction of sp³-hybridized carbons (Fsp3) is 0.533. The van der Waals surface area contributed by atoms with Gasteiger partial charge in [-0.2, -0.15) is 0 Å². The quantitative estimate of drug-likeness (QED) is 0.873. The van der Waals surface area contributed by atoms with Gasteiger partial charge in [-0.3, -0.25) is 4.79 Å². The van der Waals surface area contributed by atoms with Crippen LogP contribution in [0.2, 0.25) is 0 Å². The Kier molecular flexibility index (Phi) is 7.72. The maximum Gasteiger partial charge on any atom is 0.221 e. The van der Waals surface area contributed by atoms with Crippen LogP contribution in [0.1, 0.15) is 38.8 Å². The van der Waals surface area contributed by atoms with Gasteiger partial charge in [0.05, 0.1) is 6.04 Å². The minimum atomic E-state index is -0.00332. The van der Waals surface area contributed by atoms with Crippen molar-refractivity contribution in [1.29, 1.82) is 0 Å². The van der Waals surface area contributed by atoms with Crippen LogP contribution in [0, 0.1) is 5.41 Å². The molecule has 1 rings (SSSR count). The van der Waals surface area contributed by atoms with E-state index in [1.165, 1.54) is 0 Å². The highest BCUT2D eigenvalue weighted by molar-refractivity contribution is 5.85. The molecule has 0 radical (unpaired) electrons. The standard InChI is InChI=1S/C15H24N2O.ClH/c1-15(2,3)14(12-8-6-5-7-9-12)17-13(18)10-11-16-4;/h5-9,14,16H,10-11H2,1-4H3,(H,17,18);1H. The summed E-state index contributed by atoms with van der Waals surface area (Å²) in [4.78, 5) is 11.9. The van der Waals surface area contributed by atoms with Crippen molar-refractivity contribution < 1.29 is 4.79 Å². The Morgan fingerprint density at radius 1 is 1.21 bits per heavy atom. The van der Waals surface area contributed by atoms with Crippen LogP contribution in [-0.4, -0.2) is 19.5 Å². The first-order valence-electron chi connectivity index (χ1n) is 6.44. The lowest BCUT2D eigenvalue weighted by atomic mass is 9.82. The maximum atomic E-state index is 11.9. The minimum absolute atomic E-state index is 0. The van der Waals surface area contributed by atoms with E-state index in [2.05, 4.69) is 43.5 Å². The normalized spacial score (nSPS) is 12.4. The van der Waals surface area contributed by atoms with Gasteiger partial charge in [0.1, 0.15) is 0 Å². The summed E-state index contributed by atoms with van der Waals surface area (Å²) in [7, 11) is 1.85. The van der Waals surface area contributed by atoms with E-state index in [9.17, 15) is 4.79 Å². The van der Waals surface area contributed by atoms with E-state index in [1.54, 1.807) is 0 Å². The van der Waals surface area contributed by atoms with Crippen LogP contribution in [0.3, 0.4) is 0 Å². The number of carbonyl (C=O) groups excluding carboxylic acids is 1. The summed E-state index contributed by atoms with van der Waals surface area (Å²) in [6.07, 6.45) is 0.510. The number of benzene rings is 1. The summed E-state index contributed by atoms with van der Waals surface area (Å²) >= 11 is 0. The molecule has 1 unspecified atom stereocenters. The molecule has 0 saturated carbocycles. The van der Waals surface area contributed by atoms with Gasteiger partial charge in [-0.15, -0.1) is 12.4 Å². The molecule has 0 aromatic heterocycles. The predicted molar refractivity (Wildman–Crippen MR) is 82.6 cm³/mol. The molecule has 0 heterocycles. The van der Waals surface area contributed by atoms with Crippen LogP contribution in [0.15, 0.2) is 30.3 Å². The van der Waals surface area contributed by atoms with E-state index in [1.807, 2.05) is 25.2 Å². The first-order valence-corrected chi connectivity index (χ1v) is 6.44. The van der Waals surface area contributed by atoms with E-state index in [0.717, 1.165) is 5.56 Å². The highest BCUT2D eigenvalue weighted by Crippen LogP contribution is 2.32. The molecule has 0 spiro atoms. The summed E-state index contributed by atoms with van der Waals surface area (Å²) in [6, 6.07) is 10.2. The Balaban J connectivity index is 0.00000324. The zero-order valence-electron chi connectivity index (χ0n) is 12.2. The second-order valence-electron chi connectivity index (χ2n) is 5.63. The molecular weight excluding hydrogens is 260 g/mol. The van der Waals surface area contributed by atoms with Crippen LogP contribution in [0.4, 0.5) is 0 Å². The SMILES string of the molecule is CNCCC(=O)NC(c1ccccc1)C(C)(C)C.Cl. The second kappa shape index (κ2) is 8.18. The second-order valence-corrected chi connectivity index (χ2v) is 5.63. The highest BCUT2D eigenvalue weighted by atomic mass is 35.5. The Hall–Kier alpha value is -1.06. The average molecular weight is 285 g/mol. The molecule has 3 nitrogen and oxygen atoms in total. The topological polar surface area (TPSA) is 41.1 Å². The smallest absolute Gasteiger partial charge is 0.221 e. The molecule has 0 fully saturated rings. The van der Waals surface area contributed by atoms with Crippen molar-refractivity contribution in [2.75, 3.05) is 13.6 Å². The van der Waals surface area contributed by atoms with Crippen molar-refractivity contribution in [3.8, 4) is 0 Å². The minimum Gasteiger partial charge on any atom is -0.349 e. The molecule has 1 aromatic carbocycles. The summed E-state index contributed by atoms with van der Waals surface area (Å²) in [5.74, 6) is 0.0909. The predicted octanol–water partition coefficient (Wildman–Crippen LogP) is 2.92. The number of amides is 1. The van der Waals surface area contributed by atoms with Crippen molar-refractivity contribution in [3.05, 3.63) is 35.9 Å². The van der Waals surface area contributed by atoms with Crippen molar-refractivity contribution in [2.45, 2.75) is 33.2 Å². The van der Waals surface area contributed by atoms with E-state index < -0.39 is 0 Å². The van der Waals surface area contributed by atoms with Gasteiger partial charge in [-0.05, 0) is 18.0 Å². The molecule has 108 valence electrons. The van der Waals surface area contributed by atoms with Crippen LogP contribution in [0.5, 0.6) is 0 Å². The van der Waals surface area contributed by atoms with Crippen molar-refractivity contribution in [1.82, 2.24) is 10.6 Å². The van der Waals surface area contributed by atoms with Gasteiger partial charge in [-0.1, -0.05) is 51.1 Å². The zero-order valence-corrected chi connectivity index (χ0v) is 13.0. The van der Waals surface area contributed by atoms with Crippen molar-refractivity contribution >= 4 is 18.3 Å². The Bertz CT molecular complexity index is 373. The molecule has 1 amide bonds. The number of carbonyl (C=O) groups is 1. The number of hydrogen-bond donors (Lipinski definition) is 2. The number of hydrogen-bond acceptors (Lipinski definition) is 2. The molecule has 0 aliphatic heterocycles. The van der Waals surface area contributed by atoms with Crippen LogP contribution in [0.25, 0.3) is 0 Å².